The summed E-state index contributed by atoms with van der Waals surface area (Å²) in [4.78, 5) is 21.1. The Morgan fingerprint density at radius 2 is 0.833 bits per heavy atom. The van der Waals surface area contributed by atoms with Gasteiger partial charge in [0.05, 0.1) is 28.1 Å². The van der Waals surface area contributed by atoms with Crippen LogP contribution in [0.5, 0.6) is 0 Å². The maximum absolute atomic E-state index is 5.38. The van der Waals surface area contributed by atoms with Gasteiger partial charge < -0.3 is 0 Å². The van der Waals surface area contributed by atoms with Gasteiger partial charge in [0.1, 0.15) is 5.69 Å². The Morgan fingerprint density at radius 1 is 0.259 bits per heavy atom. The lowest BCUT2D eigenvalue weighted by atomic mass is 9.96. The Hall–Kier alpha value is -7.30. The van der Waals surface area contributed by atoms with Crippen LogP contribution in [0.3, 0.4) is 0 Å². The number of fused-ring (bicyclic) bond motifs is 4. The second kappa shape index (κ2) is 13.4. The fraction of sp³-hybridized carbons (Fsp3) is 0. The van der Waals surface area contributed by atoms with Gasteiger partial charge in [0.15, 0.2) is 5.82 Å². The first kappa shape index (κ1) is 31.4. The van der Waals surface area contributed by atoms with Crippen molar-refractivity contribution >= 4 is 32.6 Å². The number of benzene rings is 7. The molecule has 252 valence electrons. The fourth-order valence-electron chi connectivity index (χ4n) is 7.40. The molecule has 0 saturated heterocycles. The lowest BCUT2D eigenvalue weighted by Crippen LogP contribution is -1.99. The molecular weight excluding hydrogens is 657 g/mol. The van der Waals surface area contributed by atoms with E-state index in [2.05, 4.69) is 152 Å². The Morgan fingerprint density at radius 3 is 1.61 bits per heavy atom. The minimum absolute atomic E-state index is 0.553. The molecule has 0 fully saturated rings. The van der Waals surface area contributed by atoms with E-state index in [0.29, 0.717) is 11.5 Å². The van der Waals surface area contributed by atoms with Gasteiger partial charge in [-0.05, 0) is 57.3 Å². The van der Waals surface area contributed by atoms with Crippen molar-refractivity contribution < 1.29 is 0 Å². The first-order chi connectivity index (χ1) is 26.7. The van der Waals surface area contributed by atoms with E-state index in [9.17, 15) is 0 Å². The fourth-order valence-corrected chi connectivity index (χ4v) is 7.40. The SMILES string of the molecule is c1ccc(-c2cc(-c3cccc(-c4cccc5ccccc45)c3)nc(-c3cc(-c4ccccc4)c4ccc5ccc(-c6ccccc6)nc5c4n3)n2)cc1. The van der Waals surface area contributed by atoms with Gasteiger partial charge in [-0.3, -0.25) is 0 Å². The average molecular weight is 689 g/mol. The summed E-state index contributed by atoms with van der Waals surface area (Å²) in [6, 6.07) is 67.4. The first-order valence-corrected chi connectivity index (χ1v) is 18.1. The molecule has 10 rings (SSSR count). The normalized spacial score (nSPS) is 11.3. The number of nitrogens with zero attached hydrogens (tertiary/aromatic N) is 4. The molecule has 0 radical (unpaired) electrons. The molecule has 10 aromatic rings. The smallest absolute Gasteiger partial charge is 0.179 e. The van der Waals surface area contributed by atoms with Crippen molar-refractivity contribution in [3.63, 3.8) is 0 Å². The van der Waals surface area contributed by atoms with Crippen molar-refractivity contribution in [2.24, 2.45) is 0 Å². The molecule has 4 heteroatoms. The van der Waals surface area contributed by atoms with Gasteiger partial charge in [-0.1, -0.05) is 170 Å². The van der Waals surface area contributed by atoms with E-state index in [1.165, 1.54) is 16.3 Å². The van der Waals surface area contributed by atoms with E-state index in [1.54, 1.807) is 0 Å². The highest BCUT2D eigenvalue weighted by molar-refractivity contribution is 6.09. The van der Waals surface area contributed by atoms with Crippen molar-refractivity contribution in [1.29, 1.82) is 0 Å². The topological polar surface area (TPSA) is 51.6 Å². The van der Waals surface area contributed by atoms with Crippen molar-refractivity contribution in [2.45, 2.75) is 0 Å². The summed E-state index contributed by atoms with van der Waals surface area (Å²) < 4.78 is 0. The molecular formula is C50H32N4. The van der Waals surface area contributed by atoms with Crippen LogP contribution < -0.4 is 0 Å². The average Bonchev–Trinajstić information content (AvgIpc) is 3.26. The Bertz CT molecular complexity index is 2970. The van der Waals surface area contributed by atoms with Crippen molar-refractivity contribution in [2.75, 3.05) is 0 Å². The summed E-state index contributed by atoms with van der Waals surface area (Å²) in [6.07, 6.45) is 0. The minimum atomic E-state index is 0.553. The van der Waals surface area contributed by atoms with Gasteiger partial charge in [-0.15, -0.1) is 0 Å². The zero-order valence-electron chi connectivity index (χ0n) is 29.3. The van der Waals surface area contributed by atoms with E-state index in [-0.39, 0.29) is 0 Å². The molecule has 54 heavy (non-hydrogen) atoms. The van der Waals surface area contributed by atoms with Crippen molar-refractivity contribution in [3.05, 3.63) is 194 Å². The monoisotopic (exact) mass is 688 g/mol. The number of hydrogen-bond donors (Lipinski definition) is 0. The zero-order chi connectivity index (χ0) is 35.8. The highest BCUT2D eigenvalue weighted by atomic mass is 14.9. The van der Waals surface area contributed by atoms with Crippen LogP contribution in [-0.4, -0.2) is 19.9 Å². The summed E-state index contributed by atoms with van der Waals surface area (Å²) in [5.74, 6) is 0.553. The molecule has 0 unspecified atom stereocenters. The lowest BCUT2D eigenvalue weighted by Gasteiger charge is -2.14. The molecule has 0 aliphatic rings. The summed E-state index contributed by atoms with van der Waals surface area (Å²) in [6.45, 7) is 0. The zero-order valence-corrected chi connectivity index (χ0v) is 29.3. The van der Waals surface area contributed by atoms with Crippen LogP contribution in [0.1, 0.15) is 0 Å². The number of hydrogen-bond acceptors (Lipinski definition) is 4. The molecule has 0 saturated carbocycles. The Kier molecular flexibility index (Phi) is 7.77. The highest BCUT2D eigenvalue weighted by Gasteiger charge is 2.18. The maximum atomic E-state index is 5.38. The molecule has 0 atom stereocenters. The van der Waals surface area contributed by atoms with E-state index >= 15 is 0 Å². The summed E-state index contributed by atoms with van der Waals surface area (Å²) >= 11 is 0. The Balaban J connectivity index is 1.21. The van der Waals surface area contributed by atoms with Crippen LogP contribution in [0.2, 0.25) is 0 Å². The van der Waals surface area contributed by atoms with Gasteiger partial charge in [-0.2, -0.15) is 0 Å². The van der Waals surface area contributed by atoms with Crippen LogP contribution in [0.25, 0.3) is 100 Å². The largest absolute Gasteiger partial charge is 0.245 e. The third-order valence-electron chi connectivity index (χ3n) is 10.1. The molecule has 4 nitrogen and oxygen atoms in total. The summed E-state index contributed by atoms with van der Waals surface area (Å²) in [5.41, 5.74) is 12.4. The maximum Gasteiger partial charge on any atom is 0.179 e. The highest BCUT2D eigenvalue weighted by Crippen LogP contribution is 2.37. The van der Waals surface area contributed by atoms with Gasteiger partial charge >= 0.3 is 0 Å². The van der Waals surface area contributed by atoms with Crippen LogP contribution in [0.15, 0.2) is 194 Å². The predicted octanol–water partition coefficient (Wildman–Crippen LogP) is 12.7. The van der Waals surface area contributed by atoms with Crippen molar-refractivity contribution in [1.82, 2.24) is 19.9 Å². The molecule has 7 aromatic carbocycles. The quantitative estimate of drug-likeness (QED) is 0.163. The number of rotatable bonds is 6. The predicted molar refractivity (Wildman–Crippen MR) is 223 cm³/mol. The van der Waals surface area contributed by atoms with E-state index < -0.39 is 0 Å². The minimum Gasteiger partial charge on any atom is -0.245 e. The molecule has 0 aliphatic heterocycles. The van der Waals surface area contributed by atoms with Crippen LogP contribution in [-0.2, 0) is 0 Å². The van der Waals surface area contributed by atoms with Crippen LogP contribution >= 0.6 is 0 Å². The standard InChI is InChI=1S/C50H32N4/c1-4-14-34(15-5-1)43-31-47(52-49-42(43)28-26-37-27-29-44(51-48(37)49)35-17-6-2-7-18-35)50-53-45(36-19-8-3-9-20-36)32-46(54-50)39-23-12-22-38(30-39)41-25-13-21-33-16-10-11-24-40(33)41/h1-32H. The van der Waals surface area contributed by atoms with Crippen LogP contribution in [0, 0.1) is 0 Å². The molecule has 3 aromatic heterocycles. The molecule has 0 N–H and O–H groups in total. The van der Waals surface area contributed by atoms with Crippen molar-refractivity contribution in [3.8, 4) is 67.5 Å². The molecule has 0 spiro atoms. The number of aromatic nitrogens is 4. The first-order valence-electron chi connectivity index (χ1n) is 18.1. The molecule has 0 amide bonds. The van der Waals surface area contributed by atoms with E-state index in [0.717, 1.165) is 72.3 Å². The van der Waals surface area contributed by atoms with Gasteiger partial charge in [0, 0.05) is 27.5 Å². The third kappa shape index (κ3) is 5.76. The molecule has 0 aliphatic carbocycles. The summed E-state index contributed by atoms with van der Waals surface area (Å²) in [5, 5.41) is 4.48. The number of pyridine rings is 2. The van der Waals surface area contributed by atoms with E-state index in [1.807, 2.05) is 42.5 Å². The third-order valence-corrected chi connectivity index (χ3v) is 10.1. The molecule has 3 heterocycles. The van der Waals surface area contributed by atoms with Crippen LogP contribution in [0.4, 0.5) is 0 Å². The summed E-state index contributed by atoms with van der Waals surface area (Å²) in [7, 11) is 0. The second-order valence-electron chi connectivity index (χ2n) is 13.5. The van der Waals surface area contributed by atoms with Gasteiger partial charge in [0.25, 0.3) is 0 Å². The molecule has 0 bridgehead atoms. The van der Waals surface area contributed by atoms with E-state index in [4.69, 9.17) is 19.9 Å². The lowest BCUT2D eigenvalue weighted by molar-refractivity contribution is 1.16. The van der Waals surface area contributed by atoms with Gasteiger partial charge in [0.2, 0.25) is 0 Å². The second-order valence-corrected chi connectivity index (χ2v) is 13.5. The Labute approximate surface area is 313 Å². The van der Waals surface area contributed by atoms with Gasteiger partial charge in [-0.25, -0.2) is 19.9 Å².